The molecule has 3 aliphatic carbocycles. The summed E-state index contributed by atoms with van der Waals surface area (Å²) < 4.78 is 12.7. The van der Waals surface area contributed by atoms with Crippen molar-refractivity contribution >= 4 is 8.32 Å². The van der Waals surface area contributed by atoms with E-state index < -0.39 is 8.32 Å². The summed E-state index contributed by atoms with van der Waals surface area (Å²) in [7, 11) is 0.000206. The Morgan fingerprint density at radius 3 is 2.47 bits per heavy atom. The van der Waals surface area contributed by atoms with Crippen molar-refractivity contribution < 1.29 is 9.16 Å². The zero-order valence-electron chi connectivity index (χ0n) is 19.7. The second kappa shape index (κ2) is 8.03. The van der Waals surface area contributed by atoms with Crippen LogP contribution in [-0.4, -0.2) is 21.0 Å². The predicted molar refractivity (Wildman–Crippen MR) is 127 cm³/mol. The quantitative estimate of drug-likeness (QED) is 0.363. The van der Waals surface area contributed by atoms with Gasteiger partial charge in [-0.3, -0.25) is 0 Å². The van der Waals surface area contributed by atoms with Crippen molar-refractivity contribution in [2.45, 2.75) is 95.9 Å². The second-order valence-corrected chi connectivity index (χ2v) is 15.0. The summed E-state index contributed by atoms with van der Waals surface area (Å²) in [5, 5.41) is 0. The zero-order valence-corrected chi connectivity index (χ0v) is 20.7. The molecule has 3 heteroatoms. The van der Waals surface area contributed by atoms with E-state index in [1.165, 1.54) is 55.8 Å². The smallest absolute Gasteiger partial charge is 0.194 e. The summed E-state index contributed by atoms with van der Waals surface area (Å²) in [5.74, 6) is 6.39. The Hall–Kier alpha value is -1.24. The monoisotopic (exact) mass is 424 g/mol. The molecule has 4 rings (SSSR count). The van der Waals surface area contributed by atoms with Gasteiger partial charge in [0, 0.05) is 5.41 Å². The van der Waals surface area contributed by atoms with E-state index in [-0.39, 0.29) is 11.0 Å². The molecule has 3 aliphatic rings. The van der Waals surface area contributed by atoms with Crippen LogP contribution in [0.15, 0.2) is 18.2 Å². The van der Waals surface area contributed by atoms with Gasteiger partial charge in [0.05, 0.1) is 7.11 Å². The molecule has 30 heavy (non-hydrogen) atoms. The molecule has 164 valence electrons. The molecule has 0 radical (unpaired) electrons. The van der Waals surface area contributed by atoms with E-state index in [0.717, 1.165) is 18.1 Å². The molecule has 0 aromatic heterocycles. The fourth-order valence-corrected chi connectivity index (χ4v) is 10.5. The maximum atomic E-state index is 7.22. The van der Waals surface area contributed by atoms with Crippen molar-refractivity contribution in [1.82, 2.24) is 0 Å². The molecular weight excluding hydrogens is 384 g/mol. The first-order chi connectivity index (χ1) is 14.4. The highest BCUT2D eigenvalue weighted by atomic mass is 28.4. The molecule has 0 amide bonds. The molecule has 0 aliphatic heterocycles. The molecule has 1 aromatic carbocycles. The Bertz CT molecular complexity index is 814. The molecule has 2 saturated carbocycles. The van der Waals surface area contributed by atoms with Crippen LogP contribution in [0.1, 0.15) is 76.8 Å². The van der Waals surface area contributed by atoms with Gasteiger partial charge in [0.15, 0.2) is 8.32 Å². The Labute approximate surface area is 185 Å². The number of rotatable bonds is 6. The van der Waals surface area contributed by atoms with Crippen LogP contribution >= 0.6 is 0 Å². The fourth-order valence-electron chi connectivity index (χ4n) is 7.45. The minimum absolute atomic E-state index is 0.116. The fraction of sp³-hybridized carbons (Fsp3) is 0.704. The number of hydrogen-bond acceptors (Lipinski definition) is 2. The van der Waals surface area contributed by atoms with Crippen LogP contribution in [0, 0.1) is 29.6 Å². The highest BCUT2D eigenvalue weighted by Gasteiger charge is 2.63. The maximum absolute atomic E-state index is 7.22. The molecular formula is C27H40O2Si. The average molecular weight is 425 g/mol. The topological polar surface area (TPSA) is 18.5 Å². The highest BCUT2D eigenvalue weighted by molar-refractivity contribution is 6.73. The van der Waals surface area contributed by atoms with Crippen molar-refractivity contribution in [3.63, 3.8) is 0 Å². The third kappa shape index (κ3) is 3.09. The lowest BCUT2D eigenvalue weighted by Gasteiger charge is -2.55. The van der Waals surface area contributed by atoms with Crippen LogP contribution in [-0.2, 0) is 10.8 Å². The lowest BCUT2D eigenvalue weighted by Crippen LogP contribution is -2.56. The average Bonchev–Trinajstić information content (AvgIpc) is 3.09. The standard InChI is InChI=1S/C27H40O2Si/c1-7-27(29-30(8-2,9-3)10-4)18-16-25-24-13-11-20-19-21(28-6)12-14-22(20)23(24)15-17-26(25,27)5/h1,12,14,19,23-25H,8-11,13,15-18H2,2-6H3/t23-,24-,25+,26+,27+/m1/s1. The van der Waals surface area contributed by atoms with Gasteiger partial charge in [-0.25, -0.2) is 0 Å². The number of fused-ring (bicyclic) bond motifs is 5. The second-order valence-electron chi connectivity index (χ2n) is 10.3. The van der Waals surface area contributed by atoms with Crippen molar-refractivity contribution in [2.24, 2.45) is 17.3 Å². The third-order valence-corrected chi connectivity index (χ3v) is 14.3. The molecule has 5 atom stereocenters. The highest BCUT2D eigenvalue weighted by Crippen LogP contribution is 2.65. The van der Waals surface area contributed by atoms with Crippen LogP contribution in [0.4, 0.5) is 0 Å². The van der Waals surface area contributed by atoms with Gasteiger partial charge in [0.25, 0.3) is 0 Å². The first-order valence-corrected chi connectivity index (χ1v) is 14.8. The minimum Gasteiger partial charge on any atom is -0.497 e. The molecule has 0 saturated heterocycles. The number of hydrogen-bond donors (Lipinski definition) is 0. The lowest BCUT2D eigenvalue weighted by molar-refractivity contribution is -0.0554. The van der Waals surface area contributed by atoms with E-state index in [9.17, 15) is 0 Å². The summed E-state index contributed by atoms with van der Waals surface area (Å²) in [6.45, 7) is 9.45. The molecule has 0 unspecified atom stereocenters. The predicted octanol–water partition coefficient (Wildman–Crippen LogP) is 6.95. The van der Waals surface area contributed by atoms with Crippen LogP contribution in [0.3, 0.4) is 0 Å². The molecule has 1 aromatic rings. The Morgan fingerprint density at radius 2 is 1.83 bits per heavy atom. The SMILES string of the molecule is C#C[C@]1(O[Si](CC)(CC)CC)CC[C@H]2[C@@H]3CCc4cc(OC)ccc4[C@H]3CC[C@@]21C. The van der Waals surface area contributed by atoms with Gasteiger partial charge in [-0.2, -0.15) is 0 Å². The van der Waals surface area contributed by atoms with Gasteiger partial charge in [-0.05, 0) is 97.7 Å². The summed E-state index contributed by atoms with van der Waals surface area (Å²) in [5.41, 5.74) is 2.85. The van der Waals surface area contributed by atoms with E-state index in [2.05, 4.69) is 51.8 Å². The van der Waals surface area contributed by atoms with Gasteiger partial charge in [0.2, 0.25) is 0 Å². The van der Waals surface area contributed by atoms with E-state index in [1.807, 2.05) is 0 Å². The number of ether oxygens (including phenoxy) is 1. The van der Waals surface area contributed by atoms with Gasteiger partial charge < -0.3 is 9.16 Å². The van der Waals surface area contributed by atoms with Crippen molar-refractivity contribution in [2.75, 3.05) is 7.11 Å². The van der Waals surface area contributed by atoms with Crippen LogP contribution in [0.5, 0.6) is 5.75 Å². The number of terminal acetylenes is 1. The zero-order chi connectivity index (χ0) is 21.6. The summed E-state index contributed by atoms with van der Waals surface area (Å²) in [4.78, 5) is 0. The number of methoxy groups -OCH3 is 1. The van der Waals surface area contributed by atoms with Gasteiger partial charge >= 0.3 is 0 Å². The molecule has 2 nitrogen and oxygen atoms in total. The largest absolute Gasteiger partial charge is 0.497 e. The molecule has 0 spiro atoms. The summed E-state index contributed by atoms with van der Waals surface area (Å²) >= 11 is 0. The van der Waals surface area contributed by atoms with Gasteiger partial charge in [-0.1, -0.05) is 39.7 Å². The van der Waals surface area contributed by atoms with Gasteiger partial charge in [-0.15, -0.1) is 6.42 Å². The first kappa shape index (κ1) is 22.0. The summed E-state index contributed by atoms with van der Waals surface area (Å²) in [6, 6.07) is 10.3. The Balaban J connectivity index is 1.66. The molecule has 0 heterocycles. The molecule has 0 N–H and O–H groups in total. The van der Waals surface area contributed by atoms with Crippen molar-refractivity contribution in [1.29, 1.82) is 0 Å². The normalized spacial score (nSPS) is 35.1. The molecule has 2 fully saturated rings. The Morgan fingerprint density at radius 1 is 1.10 bits per heavy atom. The number of benzene rings is 1. The first-order valence-electron chi connectivity index (χ1n) is 12.3. The van der Waals surface area contributed by atoms with E-state index in [4.69, 9.17) is 15.6 Å². The van der Waals surface area contributed by atoms with Crippen LogP contribution < -0.4 is 4.74 Å². The third-order valence-electron chi connectivity index (χ3n) is 9.61. The van der Waals surface area contributed by atoms with E-state index in [1.54, 1.807) is 12.7 Å². The van der Waals surface area contributed by atoms with Crippen molar-refractivity contribution in [3.8, 4) is 18.1 Å². The summed E-state index contributed by atoms with van der Waals surface area (Å²) in [6.07, 6.45) is 13.5. The van der Waals surface area contributed by atoms with Crippen LogP contribution in [0.2, 0.25) is 18.1 Å². The Kier molecular flexibility index (Phi) is 5.88. The minimum atomic E-state index is -1.77. The molecule has 0 bridgehead atoms. The van der Waals surface area contributed by atoms with Crippen molar-refractivity contribution in [3.05, 3.63) is 29.3 Å². The van der Waals surface area contributed by atoms with Gasteiger partial charge in [0.1, 0.15) is 11.4 Å². The lowest BCUT2D eigenvalue weighted by atomic mass is 9.53. The van der Waals surface area contributed by atoms with E-state index >= 15 is 0 Å². The van der Waals surface area contributed by atoms with E-state index in [0.29, 0.717) is 11.8 Å². The number of aryl methyl sites for hydroxylation is 1. The van der Waals surface area contributed by atoms with Crippen LogP contribution in [0.25, 0.3) is 0 Å². The maximum Gasteiger partial charge on any atom is 0.194 e.